The number of rotatable bonds is 3. The Labute approximate surface area is 143 Å². The lowest BCUT2D eigenvalue weighted by Gasteiger charge is -2.37. The maximum atomic E-state index is 13.7. The van der Waals surface area contributed by atoms with Gasteiger partial charge in [-0.25, -0.2) is 18.2 Å². The molecule has 2 aromatic rings. The van der Waals surface area contributed by atoms with E-state index >= 15 is 0 Å². The number of ether oxygens (including phenoxy) is 1. The number of nitrogen functional groups attached to an aromatic ring is 1. The molecule has 0 unspecified atom stereocenters. The van der Waals surface area contributed by atoms with E-state index in [1.54, 1.807) is 4.68 Å². The highest BCUT2D eigenvalue weighted by Gasteiger charge is 2.47. The summed E-state index contributed by atoms with van der Waals surface area (Å²) in [5, 5.41) is 4.51. The zero-order chi connectivity index (χ0) is 17.6. The molecule has 8 heteroatoms. The van der Waals surface area contributed by atoms with Crippen LogP contribution in [0.4, 0.5) is 19.0 Å². The monoisotopic (exact) mass is 352 g/mol. The fraction of sp³-hybridized carbons (Fsp3) is 0.529. The molecule has 1 aliphatic heterocycles. The van der Waals surface area contributed by atoms with E-state index in [-0.39, 0.29) is 30.6 Å². The van der Waals surface area contributed by atoms with Gasteiger partial charge in [-0.3, -0.25) is 4.68 Å². The predicted octanol–water partition coefficient (Wildman–Crippen LogP) is 3.53. The first-order valence-corrected chi connectivity index (χ1v) is 8.39. The van der Waals surface area contributed by atoms with Crippen LogP contribution in [0, 0.1) is 5.82 Å². The maximum Gasteiger partial charge on any atom is 0.252 e. The molecule has 4 rings (SSSR count). The van der Waals surface area contributed by atoms with Gasteiger partial charge in [0.15, 0.2) is 11.6 Å². The minimum Gasteiger partial charge on any atom is -0.381 e. The van der Waals surface area contributed by atoms with Crippen LogP contribution in [-0.2, 0) is 4.74 Å². The molecule has 5 nitrogen and oxygen atoms in total. The predicted molar refractivity (Wildman–Crippen MR) is 85.8 cm³/mol. The smallest absolute Gasteiger partial charge is 0.252 e. The van der Waals surface area contributed by atoms with E-state index in [9.17, 15) is 13.2 Å². The van der Waals surface area contributed by atoms with Crippen LogP contribution >= 0.6 is 0 Å². The molecule has 0 aromatic carbocycles. The molecule has 2 aromatic heterocycles. The molecule has 1 aliphatic carbocycles. The molecule has 3 heterocycles. The van der Waals surface area contributed by atoms with E-state index in [0.29, 0.717) is 24.5 Å². The summed E-state index contributed by atoms with van der Waals surface area (Å²) in [4.78, 5) is 3.82. The summed E-state index contributed by atoms with van der Waals surface area (Å²) in [6, 6.07) is 2.81. The average molecular weight is 352 g/mol. The Morgan fingerprint density at radius 2 is 1.92 bits per heavy atom. The highest BCUT2D eigenvalue weighted by atomic mass is 19.3. The highest BCUT2D eigenvalue weighted by Crippen LogP contribution is 2.47. The Bertz CT molecular complexity index is 778. The van der Waals surface area contributed by atoms with Crippen LogP contribution in [-0.4, -0.2) is 33.9 Å². The molecule has 1 saturated heterocycles. The second kappa shape index (κ2) is 6.01. The lowest BCUT2D eigenvalue weighted by atomic mass is 9.87. The number of halogens is 3. The van der Waals surface area contributed by atoms with Gasteiger partial charge in [0, 0.05) is 49.4 Å². The second-order valence-electron chi connectivity index (χ2n) is 6.79. The molecular weight excluding hydrogens is 333 g/mol. The van der Waals surface area contributed by atoms with Gasteiger partial charge in [0.2, 0.25) is 0 Å². The summed E-state index contributed by atoms with van der Waals surface area (Å²) in [6.07, 6.45) is 2.68. The van der Waals surface area contributed by atoms with Gasteiger partial charge in [-0.2, -0.15) is 5.10 Å². The summed E-state index contributed by atoms with van der Waals surface area (Å²) in [5.41, 5.74) is 7.35. The van der Waals surface area contributed by atoms with Gasteiger partial charge in [-0.15, -0.1) is 0 Å². The molecule has 134 valence electrons. The van der Waals surface area contributed by atoms with Crippen molar-refractivity contribution in [2.75, 3.05) is 18.9 Å². The number of nitrogens with zero attached hydrogens (tertiary/aromatic N) is 3. The minimum atomic E-state index is -2.63. The third-order valence-electron chi connectivity index (χ3n) is 4.98. The van der Waals surface area contributed by atoms with E-state index in [0.717, 1.165) is 18.5 Å². The number of nitrogens with two attached hydrogens (primary N) is 1. The van der Waals surface area contributed by atoms with Crippen LogP contribution in [0.1, 0.15) is 43.3 Å². The van der Waals surface area contributed by atoms with E-state index in [2.05, 4.69) is 10.1 Å². The summed E-state index contributed by atoms with van der Waals surface area (Å²) in [7, 11) is 0. The zero-order valence-electron chi connectivity index (χ0n) is 13.6. The summed E-state index contributed by atoms with van der Waals surface area (Å²) >= 11 is 0. The van der Waals surface area contributed by atoms with Crippen molar-refractivity contribution in [3.05, 3.63) is 29.8 Å². The van der Waals surface area contributed by atoms with Gasteiger partial charge in [-0.1, -0.05) is 0 Å². The van der Waals surface area contributed by atoms with E-state index in [4.69, 9.17) is 10.5 Å². The largest absolute Gasteiger partial charge is 0.381 e. The lowest BCUT2D eigenvalue weighted by Crippen LogP contribution is -2.38. The third kappa shape index (κ3) is 3.10. The average Bonchev–Trinajstić information content (AvgIpc) is 3.01. The molecular formula is C17H19F3N4O. The topological polar surface area (TPSA) is 66.0 Å². The molecule has 1 saturated carbocycles. The molecule has 0 radical (unpaired) electrons. The van der Waals surface area contributed by atoms with Crippen molar-refractivity contribution in [2.24, 2.45) is 0 Å². The molecule has 25 heavy (non-hydrogen) atoms. The first-order valence-electron chi connectivity index (χ1n) is 8.39. The van der Waals surface area contributed by atoms with Gasteiger partial charge in [0.25, 0.3) is 5.92 Å². The number of anilines is 1. The van der Waals surface area contributed by atoms with Crippen molar-refractivity contribution in [1.29, 1.82) is 0 Å². The van der Waals surface area contributed by atoms with E-state index in [1.807, 2.05) is 6.07 Å². The van der Waals surface area contributed by atoms with E-state index < -0.39 is 11.7 Å². The third-order valence-corrected chi connectivity index (χ3v) is 4.98. The fourth-order valence-electron chi connectivity index (χ4n) is 3.53. The van der Waals surface area contributed by atoms with Gasteiger partial charge in [0.05, 0.1) is 11.7 Å². The van der Waals surface area contributed by atoms with Crippen molar-refractivity contribution in [3.63, 3.8) is 0 Å². The Morgan fingerprint density at radius 3 is 2.56 bits per heavy atom. The molecule has 0 amide bonds. The number of aromatic nitrogens is 3. The van der Waals surface area contributed by atoms with Crippen molar-refractivity contribution in [1.82, 2.24) is 14.8 Å². The zero-order valence-corrected chi connectivity index (χ0v) is 13.6. The maximum absolute atomic E-state index is 13.7. The number of hydrogen-bond acceptors (Lipinski definition) is 4. The van der Waals surface area contributed by atoms with E-state index in [1.165, 1.54) is 12.3 Å². The standard InChI is InChI=1S/C17H19F3N4O/c18-13-5-11(9-22-16(13)21)14-6-15(10-1-3-25-4-2-10)24(23-14)12-7-17(19,20)8-12/h5-6,9-10,12H,1-4,7-8H2,(H2,21,22). The molecule has 2 fully saturated rings. The summed E-state index contributed by atoms with van der Waals surface area (Å²) in [6.45, 7) is 1.29. The summed E-state index contributed by atoms with van der Waals surface area (Å²) in [5.74, 6) is -3.21. The first kappa shape index (κ1) is 16.4. The number of alkyl halides is 2. The lowest BCUT2D eigenvalue weighted by molar-refractivity contribution is -0.107. The first-order chi connectivity index (χ1) is 11.9. The Kier molecular flexibility index (Phi) is 3.94. The quantitative estimate of drug-likeness (QED) is 0.918. The van der Waals surface area contributed by atoms with Crippen molar-refractivity contribution >= 4 is 5.82 Å². The second-order valence-corrected chi connectivity index (χ2v) is 6.79. The fourth-order valence-corrected chi connectivity index (χ4v) is 3.53. The van der Waals surface area contributed by atoms with Crippen LogP contribution in [0.15, 0.2) is 18.3 Å². The summed E-state index contributed by atoms with van der Waals surface area (Å²) < 4.78 is 47.5. The molecule has 2 aliphatic rings. The number of hydrogen-bond donors (Lipinski definition) is 1. The van der Waals surface area contributed by atoms with Gasteiger partial charge < -0.3 is 10.5 Å². The van der Waals surface area contributed by atoms with Crippen LogP contribution in [0.25, 0.3) is 11.3 Å². The molecule has 0 bridgehead atoms. The van der Waals surface area contributed by atoms with Gasteiger partial charge in [-0.05, 0) is 25.0 Å². The van der Waals surface area contributed by atoms with Crippen molar-refractivity contribution in [2.45, 2.75) is 43.6 Å². The van der Waals surface area contributed by atoms with Crippen molar-refractivity contribution in [3.8, 4) is 11.3 Å². The van der Waals surface area contributed by atoms with Gasteiger partial charge in [0.1, 0.15) is 0 Å². The van der Waals surface area contributed by atoms with Crippen LogP contribution < -0.4 is 5.73 Å². The van der Waals surface area contributed by atoms with Crippen LogP contribution in [0.3, 0.4) is 0 Å². The minimum absolute atomic E-state index is 0.175. The van der Waals surface area contributed by atoms with Crippen molar-refractivity contribution < 1.29 is 17.9 Å². The Balaban J connectivity index is 1.70. The Hall–Kier alpha value is -2.09. The molecule has 0 spiro atoms. The highest BCUT2D eigenvalue weighted by molar-refractivity contribution is 5.60. The SMILES string of the molecule is Nc1ncc(-c2cc(C3CCOCC3)n(C3CC(F)(F)C3)n2)cc1F. The van der Waals surface area contributed by atoms with Gasteiger partial charge >= 0.3 is 0 Å². The molecule has 0 atom stereocenters. The number of pyridine rings is 1. The van der Waals surface area contributed by atoms with Crippen LogP contribution in [0.5, 0.6) is 0 Å². The Morgan fingerprint density at radius 1 is 1.20 bits per heavy atom. The normalized spacial score (nSPS) is 21.2. The van der Waals surface area contributed by atoms with Crippen LogP contribution in [0.2, 0.25) is 0 Å². The molecule has 2 N–H and O–H groups in total.